The quantitative estimate of drug-likeness (QED) is 0.608. The number of aromatic nitrogens is 1. The summed E-state index contributed by atoms with van der Waals surface area (Å²) in [5.41, 5.74) is 0.850. The highest BCUT2D eigenvalue weighted by Crippen LogP contribution is 2.26. The summed E-state index contributed by atoms with van der Waals surface area (Å²) >= 11 is 0. The van der Waals surface area contributed by atoms with E-state index in [0.29, 0.717) is 16.5 Å². The van der Waals surface area contributed by atoms with Crippen LogP contribution in [0, 0.1) is 21.4 Å². The number of nitro groups is 1. The highest BCUT2D eigenvalue weighted by molar-refractivity contribution is 5.93. The van der Waals surface area contributed by atoms with Crippen LogP contribution in [0.25, 0.3) is 10.9 Å². The number of carbonyl (C=O) groups excluding carboxylic acids is 1. The molecule has 96 valence electrons. The number of ether oxygens (including phenoxy) is 1. The van der Waals surface area contributed by atoms with Crippen LogP contribution in [-0.4, -0.2) is 22.7 Å². The maximum atomic E-state index is 11.6. The van der Waals surface area contributed by atoms with Crippen LogP contribution in [0.3, 0.4) is 0 Å². The first-order valence-corrected chi connectivity index (χ1v) is 5.32. The van der Waals surface area contributed by atoms with Gasteiger partial charge in [0.1, 0.15) is 0 Å². The molecule has 2 aromatic rings. The normalized spacial score (nSPS) is 10.1. The standard InChI is InChI=1S/C12H9N3O4/c1-19-12(16)14-7-8(4-5-13)10-3-2-9(15(17)18)6-11(10)14/h2-3,6-7H,4H2,1H3. The van der Waals surface area contributed by atoms with Gasteiger partial charge in [-0.3, -0.25) is 14.7 Å². The van der Waals surface area contributed by atoms with Crippen LogP contribution in [0.4, 0.5) is 10.5 Å². The Kier molecular flexibility index (Phi) is 3.16. The largest absolute Gasteiger partial charge is 0.452 e. The van der Waals surface area contributed by atoms with Crippen molar-refractivity contribution in [2.75, 3.05) is 7.11 Å². The average molecular weight is 259 g/mol. The van der Waals surface area contributed by atoms with E-state index < -0.39 is 11.0 Å². The highest BCUT2D eigenvalue weighted by atomic mass is 16.6. The molecule has 0 fully saturated rings. The lowest BCUT2D eigenvalue weighted by Crippen LogP contribution is -2.09. The Morgan fingerprint density at radius 3 is 2.89 bits per heavy atom. The summed E-state index contributed by atoms with van der Waals surface area (Å²) in [6.45, 7) is 0. The van der Waals surface area contributed by atoms with Crippen molar-refractivity contribution in [3.05, 3.63) is 40.1 Å². The third-order valence-electron chi connectivity index (χ3n) is 2.72. The molecule has 0 saturated heterocycles. The molecule has 0 atom stereocenters. The van der Waals surface area contributed by atoms with Gasteiger partial charge in [-0.05, 0) is 11.6 Å². The van der Waals surface area contributed by atoms with Gasteiger partial charge in [0, 0.05) is 23.7 Å². The van der Waals surface area contributed by atoms with E-state index in [0.717, 1.165) is 4.57 Å². The molecule has 0 amide bonds. The molecule has 0 aliphatic rings. The molecule has 0 spiro atoms. The fourth-order valence-corrected chi connectivity index (χ4v) is 1.87. The smallest absolute Gasteiger partial charge is 0.418 e. The number of fused-ring (bicyclic) bond motifs is 1. The minimum absolute atomic E-state index is 0.109. The van der Waals surface area contributed by atoms with Crippen molar-refractivity contribution in [1.82, 2.24) is 4.57 Å². The fourth-order valence-electron chi connectivity index (χ4n) is 1.87. The SMILES string of the molecule is COC(=O)n1cc(CC#N)c2ccc([N+](=O)[O-])cc21. The number of non-ortho nitro benzene ring substituents is 1. The zero-order valence-corrected chi connectivity index (χ0v) is 9.99. The number of nitrogens with zero attached hydrogens (tertiary/aromatic N) is 3. The summed E-state index contributed by atoms with van der Waals surface area (Å²) in [4.78, 5) is 21.8. The lowest BCUT2D eigenvalue weighted by molar-refractivity contribution is -0.384. The van der Waals surface area contributed by atoms with E-state index in [2.05, 4.69) is 4.74 Å². The van der Waals surface area contributed by atoms with Crippen molar-refractivity contribution in [2.24, 2.45) is 0 Å². The van der Waals surface area contributed by atoms with E-state index in [4.69, 9.17) is 5.26 Å². The van der Waals surface area contributed by atoms with Crippen molar-refractivity contribution < 1.29 is 14.5 Å². The number of methoxy groups -OCH3 is 1. The predicted molar refractivity (Wildman–Crippen MR) is 65.7 cm³/mol. The minimum Gasteiger partial charge on any atom is -0.452 e. The molecule has 0 N–H and O–H groups in total. The molecule has 0 unspecified atom stereocenters. The van der Waals surface area contributed by atoms with E-state index in [1.54, 1.807) is 0 Å². The van der Waals surface area contributed by atoms with E-state index >= 15 is 0 Å². The minimum atomic E-state index is -0.658. The van der Waals surface area contributed by atoms with Crippen molar-refractivity contribution in [3.63, 3.8) is 0 Å². The number of rotatable bonds is 2. The Morgan fingerprint density at radius 2 is 2.32 bits per heavy atom. The van der Waals surface area contributed by atoms with Crippen LogP contribution in [0.1, 0.15) is 5.56 Å². The van der Waals surface area contributed by atoms with Crippen LogP contribution in [0.2, 0.25) is 0 Å². The molecule has 0 bridgehead atoms. The molecule has 0 radical (unpaired) electrons. The van der Waals surface area contributed by atoms with Crippen molar-refractivity contribution in [1.29, 1.82) is 5.26 Å². The molecule has 2 rings (SSSR count). The zero-order chi connectivity index (χ0) is 14.0. The van der Waals surface area contributed by atoms with Crippen molar-refractivity contribution >= 4 is 22.7 Å². The van der Waals surface area contributed by atoms with Crippen LogP contribution in [-0.2, 0) is 11.2 Å². The fraction of sp³-hybridized carbons (Fsp3) is 0.167. The summed E-state index contributed by atoms with van der Waals surface area (Å²) in [6.07, 6.45) is 0.913. The maximum Gasteiger partial charge on any atom is 0.418 e. The second kappa shape index (κ2) is 4.78. The number of hydrogen-bond acceptors (Lipinski definition) is 5. The lowest BCUT2D eigenvalue weighted by Gasteiger charge is -2.01. The van der Waals surface area contributed by atoms with Crippen LogP contribution in [0.5, 0.6) is 0 Å². The summed E-state index contributed by atoms with van der Waals surface area (Å²) in [5.74, 6) is 0. The molecule has 0 aliphatic heterocycles. The van der Waals surface area contributed by atoms with Gasteiger partial charge in [-0.25, -0.2) is 4.79 Å². The second-order valence-corrected chi connectivity index (χ2v) is 3.79. The Labute approximate surface area is 107 Å². The van der Waals surface area contributed by atoms with Gasteiger partial charge in [0.2, 0.25) is 0 Å². The van der Waals surface area contributed by atoms with Crippen LogP contribution in [0.15, 0.2) is 24.4 Å². The van der Waals surface area contributed by atoms with Gasteiger partial charge in [0.25, 0.3) is 5.69 Å². The molecule has 7 nitrogen and oxygen atoms in total. The first kappa shape index (κ1) is 12.6. The van der Waals surface area contributed by atoms with E-state index in [1.807, 2.05) is 6.07 Å². The molecule has 1 aromatic carbocycles. The molecule has 7 heteroatoms. The highest BCUT2D eigenvalue weighted by Gasteiger charge is 2.17. The molecule has 1 aromatic heterocycles. The Hall–Kier alpha value is -2.88. The topological polar surface area (TPSA) is 98.2 Å². The lowest BCUT2D eigenvalue weighted by atomic mass is 10.1. The first-order valence-electron chi connectivity index (χ1n) is 5.32. The predicted octanol–water partition coefficient (Wildman–Crippen LogP) is 2.23. The summed E-state index contributed by atoms with van der Waals surface area (Å²) in [7, 11) is 1.22. The monoisotopic (exact) mass is 259 g/mol. The molecular formula is C12H9N3O4. The Balaban J connectivity index is 2.72. The van der Waals surface area contributed by atoms with Gasteiger partial charge >= 0.3 is 6.09 Å². The van der Waals surface area contributed by atoms with Gasteiger partial charge in [-0.1, -0.05) is 0 Å². The first-order chi connectivity index (χ1) is 9.08. The van der Waals surface area contributed by atoms with E-state index in [-0.39, 0.29) is 12.1 Å². The Bertz CT molecular complexity index is 712. The Morgan fingerprint density at radius 1 is 1.58 bits per heavy atom. The van der Waals surface area contributed by atoms with Gasteiger partial charge in [0.15, 0.2) is 0 Å². The summed E-state index contributed by atoms with van der Waals surface area (Å²) in [5, 5.41) is 20.1. The second-order valence-electron chi connectivity index (χ2n) is 3.79. The third kappa shape index (κ3) is 2.11. The number of hydrogen-bond donors (Lipinski definition) is 0. The van der Waals surface area contributed by atoms with E-state index in [9.17, 15) is 14.9 Å². The molecule has 0 saturated carbocycles. The molecule has 1 heterocycles. The molecule has 19 heavy (non-hydrogen) atoms. The number of nitro benzene ring substituents is 1. The van der Waals surface area contributed by atoms with E-state index in [1.165, 1.54) is 31.5 Å². The average Bonchev–Trinajstić information content (AvgIpc) is 2.76. The number of carbonyl (C=O) groups is 1. The van der Waals surface area contributed by atoms with Crippen LogP contribution < -0.4 is 0 Å². The summed E-state index contributed by atoms with van der Waals surface area (Å²) in [6, 6.07) is 6.13. The zero-order valence-electron chi connectivity index (χ0n) is 9.99. The summed E-state index contributed by atoms with van der Waals surface area (Å²) < 4.78 is 5.77. The van der Waals surface area contributed by atoms with Crippen LogP contribution >= 0.6 is 0 Å². The number of nitriles is 1. The third-order valence-corrected chi connectivity index (χ3v) is 2.72. The van der Waals surface area contributed by atoms with Gasteiger partial charge in [-0.15, -0.1) is 0 Å². The van der Waals surface area contributed by atoms with Gasteiger partial charge < -0.3 is 4.74 Å². The van der Waals surface area contributed by atoms with Crippen molar-refractivity contribution in [3.8, 4) is 6.07 Å². The van der Waals surface area contributed by atoms with Gasteiger partial charge in [0.05, 0.1) is 30.0 Å². The molecular weight excluding hydrogens is 250 g/mol. The number of benzene rings is 1. The molecule has 0 aliphatic carbocycles. The van der Waals surface area contributed by atoms with Crippen molar-refractivity contribution in [2.45, 2.75) is 6.42 Å². The van der Waals surface area contributed by atoms with Gasteiger partial charge in [-0.2, -0.15) is 5.26 Å². The maximum absolute atomic E-state index is 11.6.